The minimum absolute atomic E-state index is 0.0730. The summed E-state index contributed by atoms with van der Waals surface area (Å²) in [6.07, 6.45) is 6.03. The van der Waals surface area contributed by atoms with Crippen LogP contribution in [-0.4, -0.2) is 83.7 Å². The van der Waals surface area contributed by atoms with Crippen LogP contribution in [0.4, 0.5) is 5.69 Å². The number of hydrogen-bond donors (Lipinski definition) is 1. The monoisotopic (exact) mass is 529 g/mol. The van der Waals surface area contributed by atoms with Crippen LogP contribution in [0.15, 0.2) is 49.6 Å². The molecule has 1 aromatic carbocycles. The van der Waals surface area contributed by atoms with Crippen molar-refractivity contribution in [3.63, 3.8) is 0 Å². The van der Waals surface area contributed by atoms with Crippen molar-refractivity contribution in [3.8, 4) is 0 Å². The first-order valence-corrected chi connectivity index (χ1v) is 13.3. The second-order valence-electron chi connectivity index (χ2n) is 10.1. The van der Waals surface area contributed by atoms with Crippen molar-refractivity contribution in [1.29, 1.82) is 0 Å². The van der Waals surface area contributed by atoms with Gasteiger partial charge in [-0.05, 0) is 56.4 Å². The average molecular weight is 530 g/mol. The zero-order valence-corrected chi connectivity index (χ0v) is 22.1. The second-order valence-corrected chi connectivity index (χ2v) is 10.5. The Bertz CT molecular complexity index is 1050. The van der Waals surface area contributed by atoms with E-state index in [0.717, 1.165) is 6.42 Å². The van der Waals surface area contributed by atoms with Crippen LogP contribution in [0.2, 0.25) is 5.02 Å². The number of fused-ring (bicyclic) bond motifs is 1. The van der Waals surface area contributed by atoms with Gasteiger partial charge in [-0.1, -0.05) is 23.8 Å². The zero-order chi connectivity index (χ0) is 26.7. The zero-order valence-electron chi connectivity index (χ0n) is 21.4. The van der Waals surface area contributed by atoms with Gasteiger partial charge in [0, 0.05) is 44.0 Å². The van der Waals surface area contributed by atoms with Crippen LogP contribution >= 0.6 is 11.6 Å². The van der Waals surface area contributed by atoms with E-state index in [0.29, 0.717) is 49.5 Å². The van der Waals surface area contributed by atoms with Crippen LogP contribution in [0, 0.1) is 11.8 Å². The first-order valence-electron chi connectivity index (χ1n) is 12.9. The molecule has 9 heteroatoms. The second kappa shape index (κ2) is 11.4. The molecule has 0 radical (unpaired) electrons. The largest absolute Gasteiger partial charge is 0.396 e. The van der Waals surface area contributed by atoms with E-state index >= 15 is 0 Å². The lowest BCUT2D eigenvalue weighted by molar-refractivity contribution is -0.144. The van der Waals surface area contributed by atoms with E-state index < -0.39 is 29.6 Å². The molecule has 8 nitrogen and oxygen atoms in total. The van der Waals surface area contributed by atoms with Gasteiger partial charge in [-0.2, -0.15) is 0 Å². The van der Waals surface area contributed by atoms with Crippen molar-refractivity contribution >= 4 is 35.0 Å². The number of aliphatic hydroxyl groups excluding tert-OH is 1. The van der Waals surface area contributed by atoms with Gasteiger partial charge in [0.15, 0.2) is 0 Å². The minimum Gasteiger partial charge on any atom is -0.396 e. The maximum Gasteiger partial charge on any atom is 0.253 e. The molecular weight excluding hydrogens is 494 g/mol. The number of carbonyl (C=O) groups excluding carboxylic acids is 3. The number of likely N-dealkylation sites (N-methyl/N-ethyl adjacent to an activating group) is 1. The molecule has 3 aliphatic heterocycles. The number of unbranched alkanes of at least 4 members (excludes halogenated alkanes) is 2. The third-order valence-electron chi connectivity index (χ3n) is 7.87. The van der Waals surface area contributed by atoms with Gasteiger partial charge in [-0.25, -0.2) is 0 Å². The van der Waals surface area contributed by atoms with E-state index in [4.69, 9.17) is 16.3 Å². The summed E-state index contributed by atoms with van der Waals surface area (Å²) in [5.41, 5.74) is -0.412. The molecular formula is C28H36ClN3O5. The van der Waals surface area contributed by atoms with Crippen molar-refractivity contribution in [2.75, 3.05) is 38.2 Å². The molecule has 4 rings (SSSR count). The van der Waals surface area contributed by atoms with Gasteiger partial charge in [-0.15, -0.1) is 13.2 Å². The number of ether oxygens (including phenoxy) is 1. The summed E-state index contributed by atoms with van der Waals surface area (Å²) < 4.78 is 6.52. The Kier molecular flexibility index (Phi) is 8.41. The molecule has 2 bridgehead atoms. The molecule has 1 spiro atoms. The summed E-state index contributed by atoms with van der Waals surface area (Å²) in [6, 6.07) is 6.11. The van der Waals surface area contributed by atoms with Crippen LogP contribution in [0.25, 0.3) is 0 Å². The number of rotatable bonds is 12. The molecule has 200 valence electrons. The number of likely N-dealkylation sites (tertiary alicyclic amines) is 1. The molecule has 0 aromatic heterocycles. The topological polar surface area (TPSA) is 90.4 Å². The molecule has 0 aliphatic carbocycles. The highest BCUT2D eigenvalue weighted by molar-refractivity contribution is 6.30. The Morgan fingerprint density at radius 1 is 1.16 bits per heavy atom. The van der Waals surface area contributed by atoms with E-state index in [1.54, 1.807) is 58.2 Å². The fourth-order valence-electron chi connectivity index (χ4n) is 6.28. The lowest BCUT2D eigenvalue weighted by Crippen LogP contribution is -2.56. The Morgan fingerprint density at radius 3 is 2.51 bits per heavy atom. The van der Waals surface area contributed by atoms with Crippen LogP contribution in [0.5, 0.6) is 0 Å². The molecule has 2 unspecified atom stereocenters. The SMILES string of the molecule is C=CCN(C)C(=O)[C@@H]1[C@H]2C(=O)N(CCCCCO)C(C(=O)N(CC=C)c3ccc(Cl)cc3)C23CC[C@H]1O3. The lowest BCUT2D eigenvalue weighted by atomic mass is 9.70. The van der Waals surface area contributed by atoms with Gasteiger partial charge in [0.1, 0.15) is 11.6 Å². The van der Waals surface area contributed by atoms with Gasteiger partial charge < -0.3 is 24.5 Å². The van der Waals surface area contributed by atoms with Gasteiger partial charge in [0.05, 0.1) is 17.9 Å². The highest BCUT2D eigenvalue weighted by atomic mass is 35.5. The van der Waals surface area contributed by atoms with E-state index in [1.165, 1.54) is 0 Å². The number of amides is 3. The summed E-state index contributed by atoms with van der Waals surface area (Å²) in [5, 5.41) is 9.76. The number of carbonyl (C=O) groups is 3. The number of aliphatic hydroxyl groups is 1. The predicted molar refractivity (Wildman–Crippen MR) is 142 cm³/mol. The third-order valence-corrected chi connectivity index (χ3v) is 8.12. The van der Waals surface area contributed by atoms with Crippen molar-refractivity contribution in [3.05, 3.63) is 54.6 Å². The molecule has 3 amide bonds. The van der Waals surface area contributed by atoms with Gasteiger partial charge >= 0.3 is 0 Å². The number of halogens is 1. The number of hydrogen-bond acceptors (Lipinski definition) is 5. The quantitative estimate of drug-likeness (QED) is 0.332. The molecule has 3 fully saturated rings. The first-order chi connectivity index (χ1) is 17.8. The van der Waals surface area contributed by atoms with E-state index in [9.17, 15) is 19.5 Å². The Labute approximate surface area is 223 Å². The summed E-state index contributed by atoms with van der Waals surface area (Å²) in [5.74, 6) is -1.96. The molecule has 5 atom stereocenters. The van der Waals surface area contributed by atoms with Crippen LogP contribution in [0.3, 0.4) is 0 Å². The normalized spacial score (nSPS) is 27.8. The van der Waals surface area contributed by atoms with Crippen LogP contribution in [0.1, 0.15) is 32.1 Å². The van der Waals surface area contributed by atoms with E-state index in [1.807, 2.05) is 0 Å². The number of nitrogens with zero attached hydrogens (tertiary/aromatic N) is 3. The molecule has 3 aliphatic rings. The molecule has 0 saturated carbocycles. The lowest BCUT2D eigenvalue weighted by Gasteiger charge is -2.37. The van der Waals surface area contributed by atoms with E-state index in [2.05, 4.69) is 13.2 Å². The molecule has 3 saturated heterocycles. The summed E-state index contributed by atoms with van der Waals surface area (Å²) in [6.45, 7) is 8.59. The maximum absolute atomic E-state index is 14.3. The van der Waals surface area contributed by atoms with Crippen molar-refractivity contribution < 1.29 is 24.2 Å². The van der Waals surface area contributed by atoms with Gasteiger partial charge in [0.25, 0.3) is 5.91 Å². The van der Waals surface area contributed by atoms with Crippen molar-refractivity contribution in [2.24, 2.45) is 11.8 Å². The first kappa shape index (κ1) is 27.4. The van der Waals surface area contributed by atoms with Crippen LogP contribution in [-0.2, 0) is 19.1 Å². The highest BCUT2D eigenvalue weighted by Crippen LogP contribution is 2.59. The Hall–Kier alpha value is -2.68. The average Bonchev–Trinajstić information content (AvgIpc) is 3.52. The van der Waals surface area contributed by atoms with Crippen LogP contribution < -0.4 is 4.90 Å². The minimum atomic E-state index is -1.06. The molecule has 3 heterocycles. The molecule has 37 heavy (non-hydrogen) atoms. The van der Waals surface area contributed by atoms with E-state index in [-0.39, 0.29) is 30.9 Å². The molecule has 1 aromatic rings. The number of benzene rings is 1. The summed E-state index contributed by atoms with van der Waals surface area (Å²) in [4.78, 5) is 46.6. The standard InChI is InChI=1S/C28H36ClN3O5/c1-4-15-30(3)25(34)22-21-13-14-28(37-21)23(22)26(35)32(17-7-6-8-18-33)24(28)27(36)31(16-5-2)20-11-9-19(29)10-12-20/h4-5,9-12,21-24,33H,1-2,6-8,13-18H2,3H3/t21-,22+,23+,24?,28?/m1/s1. The Morgan fingerprint density at radius 2 is 1.86 bits per heavy atom. The summed E-state index contributed by atoms with van der Waals surface area (Å²) >= 11 is 6.09. The third kappa shape index (κ3) is 4.82. The fourth-order valence-corrected chi connectivity index (χ4v) is 6.41. The molecule has 1 N–H and O–H groups in total. The van der Waals surface area contributed by atoms with Gasteiger partial charge in [0.2, 0.25) is 11.8 Å². The van der Waals surface area contributed by atoms with Crippen molar-refractivity contribution in [2.45, 2.75) is 49.9 Å². The van der Waals surface area contributed by atoms with Gasteiger partial charge in [-0.3, -0.25) is 14.4 Å². The predicted octanol–water partition coefficient (Wildman–Crippen LogP) is 3.04. The number of anilines is 1. The Balaban J connectivity index is 1.72. The fraction of sp³-hybridized carbons (Fsp3) is 0.536. The highest BCUT2D eigenvalue weighted by Gasteiger charge is 2.74. The smallest absolute Gasteiger partial charge is 0.253 e. The van der Waals surface area contributed by atoms with Crippen molar-refractivity contribution in [1.82, 2.24) is 9.80 Å². The maximum atomic E-state index is 14.3. The summed E-state index contributed by atoms with van der Waals surface area (Å²) in [7, 11) is 1.70.